The van der Waals surface area contributed by atoms with E-state index in [0.717, 1.165) is 0 Å². The van der Waals surface area contributed by atoms with Crippen molar-refractivity contribution in [2.75, 3.05) is 16.8 Å². The average Bonchev–Trinajstić information content (AvgIpc) is 2.32. The number of anilines is 1. The highest BCUT2D eigenvalue weighted by Gasteiger charge is 2.12. The molecule has 19 heavy (non-hydrogen) atoms. The van der Waals surface area contributed by atoms with Gasteiger partial charge in [0.15, 0.2) is 5.82 Å². The molecule has 0 radical (unpaired) electrons. The number of nitrogens with one attached hydrogen (secondary N) is 1. The SMILES string of the molecule is CC(CSCC(=O)Nc1ncc(Cl)cc1Cl)C(=O)O. The van der Waals surface area contributed by atoms with E-state index >= 15 is 0 Å². The Hall–Kier alpha value is -0.980. The van der Waals surface area contributed by atoms with Crippen LogP contribution in [0.1, 0.15) is 6.92 Å². The Labute approximate surface area is 124 Å². The molecule has 0 aliphatic heterocycles. The standard InChI is InChI=1S/C11H12Cl2N2O3S/c1-6(11(17)18)4-19-5-9(16)15-10-8(13)2-7(12)3-14-10/h2-3,6H,4-5H2,1H3,(H,17,18)(H,14,15,16). The van der Waals surface area contributed by atoms with Gasteiger partial charge in [-0.1, -0.05) is 30.1 Å². The summed E-state index contributed by atoms with van der Waals surface area (Å²) in [6, 6.07) is 1.48. The normalized spacial score (nSPS) is 11.9. The number of aromatic nitrogens is 1. The minimum absolute atomic E-state index is 0.137. The number of carboxylic acids is 1. The molecule has 0 aromatic carbocycles. The van der Waals surface area contributed by atoms with Gasteiger partial charge in [-0.25, -0.2) is 4.98 Å². The number of halogens is 2. The summed E-state index contributed by atoms with van der Waals surface area (Å²) in [5.41, 5.74) is 0. The molecule has 5 nitrogen and oxygen atoms in total. The lowest BCUT2D eigenvalue weighted by Crippen LogP contribution is -2.18. The van der Waals surface area contributed by atoms with Crippen LogP contribution in [-0.4, -0.2) is 33.5 Å². The predicted octanol–water partition coefficient (Wildman–Crippen LogP) is 2.78. The van der Waals surface area contributed by atoms with E-state index in [1.54, 1.807) is 6.92 Å². The number of nitrogens with zero attached hydrogens (tertiary/aromatic N) is 1. The number of thioether (sulfide) groups is 1. The van der Waals surface area contributed by atoms with Crippen molar-refractivity contribution >= 4 is 52.7 Å². The van der Waals surface area contributed by atoms with Crippen LogP contribution in [0.25, 0.3) is 0 Å². The highest BCUT2D eigenvalue weighted by atomic mass is 35.5. The molecule has 0 saturated carbocycles. The molecular weight excluding hydrogens is 311 g/mol. The molecular formula is C11H12Cl2N2O3S. The Morgan fingerprint density at radius 3 is 2.79 bits per heavy atom. The summed E-state index contributed by atoms with van der Waals surface area (Å²) < 4.78 is 0. The molecule has 1 rings (SSSR count). The van der Waals surface area contributed by atoms with E-state index < -0.39 is 11.9 Å². The molecule has 2 N–H and O–H groups in total. The van der Waals surface area contributed by atoms with Crippen molar-refractivity contribution in [2.45, 2.75) is 6.92 Å². The van der Waals surface area contributed by atoms with Crippen molar-refractivity contribution in [3.05, 3.63) is 22.3 Å². The zero-order chi connectivity index (χ0) is 14.4. The maximum atomic E-state index is 11.6. The topological polar surface area (TPSA) is 79.3 Å². The van der Waals surface area contributed by atoms with Crippen molar-refractivity contribution in [3.63, 3.8) is 0 Å². The van der Waals surface area contributed by atoms with Crippen molar-refractivity contribution < 1.29 is 14.7 Å². The van der Waals surface area contributed by atoms with E-state index in [-0.39, 0.29) is 22.5 Å². The fraction of sp³-hybridized carbons (Fsp3) is 0.364. The first-order chi connectivity index (χ1) is 8.90. The lowest BCUT2D eigenvalue weighted by atomic mass is 10.2. The molecule has 0 spiro atoms. The van der Waals surface area contributed by atoms with E-state index in [4.69, 9.17) is 28.3 Å². The van der Waals surface area contributed by atoms with Crippen LogP contribution in [0.15, 0.2) is 12.3 Å². The summed E-state index contributed by atoms with van der Waals surface area (Å²) in [5, 5.41) is 11.9. The van der Waals surface area contributed by atoms with Crippen LogP contribution in [0, 0.1) is 5.92 Å². The van der Waals surface area contributed by atoms with Crippen molar-refractivity contribution in [3.8, 4) is 0 Å². The van der Waals surface area contributed by atoms with Crippen molar-refractivity contribution in [1.82, 2.24) is 4.98 Å². The zero-order valence-electron chi connectivity index (χ0n) is 10.0. The molecule has 0 bridgehead atoms. The summed E-state index contributed by atoms with van der Waals surface area (Å²) in [5.74, 6) is -0.921. The monoisotopic (exact) mass is 322 g/mol. The van der Waals surface area contributed by atoms with Gasteiger partial charge in [-0.2, -0.15) is 11.8 Å². The van der Waals surface area contributed by atoms with Crippen molar-refractivity contribution in [1.29, 1.82) is 0 Å². The van der Waals surface area contributed by atoms with Crippen LogP contribution in [-0.2, 0) is 9.59 Å². The zero-order valence-corrected chi connectivity index (χ0v) is 12.3. The molecule has 0 fully saturated rings. The van der Waals surface area contributed by atoms with Gasteiger partial charge in [0.25, 0.3) is 0 Å². The maximum absolute atomic E-state index is 11.6. The Morgan fingerprint density at radius 1 is 1.53 bits per heavy atom. The van der Waals surface area contributed by atoms with Crippen molar-refractivity contribution in [2.24, 2.45) is 5.92 Å². The van der Waals surface area contributed by atoms with Gasteiger partial charge < -0.3 is 10.4 Å². The van der Waals surface area contributed by atoms with E-state index in [1.165, 1.54) is 24.0 Å². The molecule has 1 atom stereocenters. The van der Waals surface area contributed by atoms with Crippen LogP contribution in [0.3, 0.4) is 0 Å². The second-order valence-corrected chi connectivity index (χ2v) is 5.66. The third kappa shape index (κ3) is 5.67. The van der Waals surface area contributed by atoms with Gasteiger partial charge in [0.1, 0.15) is 0 Å². The molecule has 8 heteroatoms. The number of carboxylic acid groups (broad SMARTS) is 1. The highest BCUT2D eigenvalue weighted by Crippen LogP contribution is 2.22. The second kappa shape index (κ2) is 7.57. The summed E-state index contributed by atoms with van der Waals surface area (Å²) in [6.07, 6.45) is 1.38. The van der Waals surface area contributed by atoms with Gasteiger partial charge in [-0.3, -0.25) is 9.59 Å². The van der Waals surface area contributed by atoms with E-state index in [0.29, 0.717) is 10.8 Å². The molecule has 1 aromatic heterocycles. The third-order valence-electron chi connectivity index (χ3n) is 2.09. The van der Waals surface area contributed by atoms with Crippen LogP contribution >= 0.6 is 35.0 Å². The Kier molecular flexibility index (Phi) is 6.41. The Balaban J connectivity index is 2.41. The summed E-state index contributed by atoms with van der Waals surface area (Å²) in [7, 11) is 0. The molecule has 1 unspecified atom stereocenters. The Bertz CT molecular complexity index is 485. The summed E-state index contributed by atoms with van der Waals surface area (Å²) >= 11 is 12.8. The first-order valence-electron chi connectivity index (χ1n) is 5.31. The molecule has 1 aromatic rings. The average molecular weight is 323 g/mol. The lowest BCUT2D eigenvalue weighted by Gasteiger charge is -2.07. The molecule has 0 aliphatic rings. The van der Waals surface area contributed by atoms with Gasteiger partial charge in [0.2, 0.25) is 5.91 Å². The lowest BCUT2D eigenvalue weighted by molar-refractivity contribution is -0.140. The molecule has 0 saturated heterocycles. The predicted molar refractivity (Wildman–Crippen MR) is 77.0 cm³/mol. The number of carbonyl (C=O) groups excluding carboxylic acids is 1. The number of rotatable bonds is 6. The van der Waals surface area contributed by atoms with Crippen LogP contribution in [0.4, 0.5) is 5.82 Å². The molecule has 0 aliphatic carbocycles. The fourth-order valence-corrected chi connectivity index (χ4v) is 2.37. The van der Waals surface area contributed by atoms with E-state index in [1.807, 2.05) is 0 Å². The minimum Gasteiger partial charge on any atom is -0.481 e. The molecule has 1 heterocycles. The quantitative estimate of drug-likeness (QED) is 0.841. The number of amides is 1. The maximum Gasteiger partial charge on any atom is 0.307 e. The number of pyridine rings is 1. The van der Waals surface area contributed by atoms with Crippen LogP contribution in [0.2, 0.25) is 10.0 Å². The number of hydrogen-bond donors (Lipinski definition) is 2. The van der Waals surface area contributed by atoms with Crippen LogP contribution in [0.5, 0.6) is 0 Å². The number of carbonyl (C=O) groups is 2. The third-order valence-corrected chi connectivity index (χ3v) is 3.79. The van der Waals surface area contributed by atoms with E-state index in [9.17, 15) is 9.59 Å². The number of aliphatic carboxylic acids is 1. The first kappa shape index (κ1) is 16.1. The fourth-order valence-electron chi connectivity index (χ4n) is 1.07. The van der Waals surface area contributed by atoms with Gasteiger partial charge in [-0.05, 0) is 6.07 Å². The first-order valence-corrected chi connectivity index (χ1v) is 7.22. The van der Waals surface area contributed by atoms with Gasteiger partial charge >= 0.3 is 5.97 Å². The number of hydrogen-bond acceptors (Lipinski definition) is 4. The highest BCUT2D eigenvalue weighted by molar-refractivity contribution is 8.00. The largest absolute Gasteiger partial charge is 0.481 e. The van der Waals surface area contributed by atoms with Gasteiger partial charge in [0, 0.05) is 11.9 Å². The Morgan fingerprint density at radius 2 is 2.21 bits per heavy atom. The smallest absolute Gasteiger partial charge is 0.307 e. The van der Waals surface area contributed by atoms with Gasteiger partial charge in [0.05, 0.1) is 21.7 Å². The second-order valence-electron chi connectivity index (χ2n) is 3.79. The minimum atomic E-state index is -0.879. The van der Waals surface area contributed by atoms with Crippen LogP contribution < -0.4 is 5.32 Å². The van der Waals surface area contributed by atoms with E-state index in [2.05, 4.69) is 10.3 Å². The molecule has 1 amide bonds. The summed E-state index contributed by atoms with van der Waals surface area (Å²) in [4.78, 5) is 26.1. The summed E-state index contributed by atoms with van der Waals surface area (Å²) in [6.45, 7) is 1.59. The molecule has 104 valence electrons. The van der Waals surface area contributed by atoms with Gasteiger partial charge in [-0.15, -0.1) is 0 Å².